The number of carboxylic acids is 2. The Morgan fingerprint density at radius 1 is 1.20 bits per heavy atom. The highest BCUT2D eigenvalue weighted by molar-refractivity contribution is 7.99. The summed E-state index contributed by atoms with van der Waals surface area (Å²) in [7, 11) is 1.42. The summed E-state index contributed by atoms with van der Waals surface area (Å²) in [6.45, 7) is -0.714. The maximum atomic E-state index is 12.8. The van der Waals surface area contributed by atoms with E-state index in [2.05, 4.69) is 10.6 Å². The number of carbonyl (C=O) groups is 5. The van der Waals surface area contributed by atoms with Crippen molar-refractivity contribution in [3.05, 3.63) is 33.2 Å². The van der Waals surface area contributed by atoms with Gasteiger partial charge in [-0.1, -0.05) is 0 Å². The number of hydrogen-bond donors (Lipinski definition) is 6. The second-order valence-corrected chi connectivity index (χ2v) is 11.5. The fourth-order valence-corrected chi connectivity index (χ4v) is 6.69. The molecular formula is C27H29N3O13S. The predicted octanol–water partition coefficient (Wildman–Crippen LogP) is -0.939. The molecule has 1 aromatic heterocycles. The maximum absolute atomic E-state index is 12.8. The quantitative estimate of drug-likeness (QED) is 0.154. The zero-order valence-corrected chi connectivity index (χ0v) is 24.0. The van der Waals surface area contributed by atoms with E-state index in [0.29, 0.717) is 28.7 Å². The largest absolute Gasteiger partial charge is 0.496 e. The lowest BCUT2D eigenvalue weighted by Gasteiger charge is -2.22. The van der Waals surface area contributed by atoms with Crippen molar-refractivity contribution >= 4 is 52.3 Å². The Morgan fingerprint density at radius 2 is 1.95 bits per heavy atom. The van der Waals surface area contributed by atoms with Gasteiger partial charge >= 0.3 is 17.6 Å². The van der Waals surface area contributed by atoms with Crippen molar-refractivity contribution < 1.29 is 57.9 Å². The number of ether oxygens (including phenoxy) is 3. The standard InChI is InChI=1S/C27H29N3O13S/c1-40-13-6-14-19(22-18(13)9-2-4-12(31)17(9)25(39)42-22)20-21(35)27(43-26(20)41-14)44-8-11(23(36)29-7-16(33)34)30-15(32)5-3-10(28)24(37)38/h6,10-11,20-21,26-27,35H,2-5,7-8,28H2,1H3,(H,29,36)(H,30,32)(H,33,34)(H,37,38). The molecule has 2 amide bonds. The average Bonchev–Trinajstić information content (AvgIpc) is 3.64. The number of fused-ring (bicyclic) bond motifs is 7. The van der Waals surface area contributed by atoms with Gasteiger partial charge in [0.25, 0.3) is 0 Å². The molecule has 1 aromatic carbocycles. The normalized spacial score (nSPS) is 22.8. The van der Waals surface area contributed by atoms with E-state index in [1.807, 2.05) is 0 Å². The Balaban J connectivity index is 1.35. The van der Waals surface area contributed by atoms with Gasteiger partial charge in [0.2, 0.25) is 18.1 Å². The number of carboxylic acid groups (broad SMARTS) is 2. The lowest BCUT2D eigenvalue weighted by atomic mass is 9.92. The van der Waals surface area contributed by atoms with Crippen LogP contribution in [0.2, 0.25) is 0 Å². The van der Waals surface area contributed by atoms with Crippen molar-refractivity contribution in [3.63, 3.8) is 0 Å². The number of ketones is 1. The van der Waals surface area contributed by atoms with Gasteiger partial charge in [0.15, 0.2) is 5.78 Å². The van der Waals surface area contributed by atoms with Crippen LogP contribution in [0.5, 0.6) is 11.5 Å². The van der Waals surface area contributed by atoms with E-state index >= 15 is 0 Å². The molecule has 5 rings (SSSR count). The van der Waals surface area contributed by atoms with Crippen molar-refractivity contribution in [1.29, 1.82) is 0 Å². The third-order valence-electron chi connectivity index (χ3n) is 7.63. The molecule has 6 unspecified atom stereocenters. The first-order valence-electron chi connectivity index (χ1n) is 13.5. The van der Waals surface area contributed by atoms with Crippen molar-refractivity contribution in [3.8, 4) is 11.5 Å². The van der Waals surface area contributed by atoms with Crippen LogP contribution < -0.4 is 31.5 Å². The fourth-order valence-electron chi connectivity index (χ4n) is 5.52. The zero-order valence-electron chi connectivity index (χ0n) is 23.2. The minimum absolute atomic E-state index is 0.0259. The Kier molecular flexibility index (Phi) is 8.83. The van der Waals surface area contributed by atoms with Crippen LogP contribution in [-0.2, 0) is 30.3 Å². The lowest BCUT2D eigenvalue weighted by Crippen LogP contribution is -2.50. The number of carbonyl (C=O) groups excluding carboxylic acids is 3. The van der Waals surface area contributed by atoms with Gasteiger partial charge in [0.05, 0.1) is 24.0 Å². The molecule has 0 bridgehead atoms. The molecule has 7 N–H and O–H groups in total. The van der Waals surface area contributed by atoms with Crippen LogP contribution in [0.3, 0.4) is 0 Å². The minimum Gasteiger partial charge on any atom is -0.496 e. The second kappa shape index (κ2) is 12.4. The SMILES string of the molecule is COc1cc2c(c3oc(=O)c4c(c13)CCC4=O)C1C(O2)OC(SCC(NC(=O)CCC(N)C(=O)O)C(=O)NCC(=O)O)C1O. The van der Waals surface area contributed by atoms with E-state index in [9.17, 15) is 33.9 Å². The smallest absolute Gasteiger partial charge is 0.347 e. The number of nitrogens with one attached hydrogen (secondary N) is 2. The molecule has 236 valence electrons. The Bertz CT molecular complexity index is 1610. The van der Waals surface area contributed by atoms with Gasteiger partial charge < -0.3 is 50.3 Å². The summed E-state index contributed by atoms with van der Waals surface area (Å²) in [6.07, 6.45) is -2.31. The number of benzene rings is 1. The predicted molar refractivity (Wildman–Crippen MR) is 150 cm³/mol. The molecule has 17 heteroatoms. The molecule has 2 aliphatic heterocycles. The third-order valence-corrected chi connectivity index (χ3v) is 8.87. The zero-order chi connectivity index (χ0) is 31.9. The molecule has 0 spiro atoms. The number of aliphatic hydroxyl groups is 1. The van der Waals surface area contributed by atoms with Crippen LogP contribution in [0.4, 0.5) is 0 Å². The number of methoxy groups -OCH3 is 1. The second-order valence-electron chi connectivity index (χ2n) is 10.4. The van der Waals surface area contributed by atoms with Crippen LogP contribution in [0, 0.1) is 0 Å². The highest BCUT2D eigenvalue weighted by Crippen LogP contribution is 2.53. The van der Waals surface area contributed by atoms with Crippen molar-refractivity contribution in [1.82, 2.24) is 10.6 Å². The number of aryl methyl sites for hydroxylation is 1. The number of amides is 2. The average molecular weight is 636 g/mol. The fraction of sp³-hybridized carbons (Fsp3) is 0.481. The summed E-state index contributed by atoms with van der Waals surface area (Å²) < 4.78 is 23.0. The van der Waals surface area contributed by atoms with Crippen LogP contribution >= 0.6 is 11.8 Å². The number of nitrogens with two attached hydrogens (primary N) is 1. The topological polar surface area (TPSA) is 254 Å². The van der Waals surface area contributed by atoms with E-state index in [0.717, 1.165) is 11.8 Å². The summed E-state index contributed by atoms with van der Waals surface area (Å²) >= 11 is 0.946. The van der Waals surface area contributed by atoms with E-state index in [1.54, 1.807) is 6.07 Å². The van der Waals surface area contributed by atoms with E-state index < -0.39 is 71.8 Å². The number of Topliss-reactive ketones (excluding diaryl/α,β-unsaturated/α-hetero) is 1. The summed E-state index contributed by atoms with van der Waals surface area (Å²) in [5.41, 5.74) is 4.58. The molecule has 16 nitrogen and oxygen atoms in total. The number of aliphatic carboxylic acids is 2. The highest BCUT2D eigenvalue weighted by atomic mass is 32.2. The number of hydrogen-bond acceptors (Lipinski definition) is 13. The Labute approximate surface area is 252 Å². The molecule has 3 aliphatic rings. The highest BCUT2D eigenvalue weighted by Gasteiger charge is 2.53. The van der Waals surface area contributed by atoms with Gasteiger partial charge in [-0.25, -0.2) is 4.79 Å². The lowest BCUT2D eigenvalue weighted by molar-refractivity contribution is -0.139. The molecule has 2 aromatic rings. The van der Waals surface area contributed by atoms with E-state index in [1.165, 1.54) is 7.11 Å². The van der Waals surface area contributed by atoms with E-state index in [4.69, 9.17) is 34.6 Å². The van der Waals surface area contributed by atoms with Crippen LogP contribution in [-0.4, -0.2) is 94.2 Å². The van der Waals surface area contributed by atoms with Crippen molar-refractivity contribution in [2.45, 2.75) is 61.5 Å². The van der Waals surface area contributed by atoms with Gasteiger partial charge in [-0.15, -0.1) is 11.8 Å². The molecule has 3 heterocycles. The third kappa shape index (κ3) is 5.82. The van der Waals surface area contributed by atoms with Crippen molar-refractivity contribution in [2.75, 3.05) is 19.4 Å². The monoisotopic (exact) mass is 635 g/mol. The van der Waals surface area contributed by atoms with Crippen LogP contribution in [0.15, 0.2) is 15.3 Å². The summed E-state index contributed by atoms with van der Waals surface area (Å²) in [4.78, 5) is 72.2. The Morgan fingerprint density at radius 3 is 2.64 bits per heavy atom. The molecule has 1 aliphatic carbocycles. The molecule has 0 saturated carbocycles. The van der Waals surface area contributed by atoms with E-state index in [-0.39, 0.29) is 47.7 Å². The molecule has 1 fully saturated rings. The van der Waals surface area contributed by atoms with Gasteiger partial charge in [0.1, 0.15) is 52.8 Å². The maximum Gasteiger partial charge on any atom is 0.347 e. The number of thioether (sulfide) groups is 1. The van der Waals surface area contributed by atoms with Crippen molar-refractivity contribution in [2.24, 2.45) is 5.73 Å². The first-order valence-corrected chi connectivity index (χ1v) is 14.6. The molecule has 0 radical (unpaired) electrons. The minimum atomic E-state index is -1.31. The van der Waals surface area contributed by atoms with Gasteiger partial charge in [-0.2, -0.15) is 0 Å². The first kappa shape index (κ1) is 31.2. The first-order chi connectivity index (χ1) is 20.9. The molecular weight excluding hydrogens is 606 g/mol. The van der Waals surface area contributed by atoms with Crippen LogP contribution in [0.25, 0.3) is 11.0 Å². The molecule has 44 heavy (non-hydrogen) atoms. The van der Waals surface area contributed by atoms with Gasteiger partial charge in [-0.05, 0) is 18.4 Å². The Hall–Kier alpha value is -4.19. The van der Waals surface area contributed by atoms with Crippen LogP contribution in [0.1, 0.15) is 46.7 Å². The molecule has 6 atom stereocenters. The summed E-state index contributed by atoms with van der Waals surface area (Å²) in [5.74, 6) is -4.88. The van der Waals surface area contributed by atoms with Gasteiger partial charge in [0, 0.05) is 24.7 Å². The molecule has 1 saturated heterocycles. The number of rotatable bonds is 12. The summed E-state index contributed by atoms with van der Waals surface area (Å²) in [6, 6.07) is -0.993. The number of aliphatic hydroxyl groups excluding tert-OH is 1. The summed E-state index contributed by atoms with van der Waals surface area (Å²) in [5, 5.41) is 34.2. The van der Waals surface area contributed by atoms with Gasteiger partial charge in [-0.3, -0.25) is 24.0 Å².